The first kappa shape index (κ1) is 13.6. The predicted molar refractivity (Wildman–Crippen MR) is 83.1 cm³/mol. The molecule has 1 aromatic carbocycles. The molecule has 2 aromatic rings. The van der Waals surface area contributed by atoms with Gasteiger partial charge in [0.25, 0.3) is 0 Å². The Morgan fingerprint density at radius 1 is 1.19 bits per heavy atom. The van der Waals surface area contributed by atoms with Crippen molar-refractivity contribution < 1.29 is 4.74 Å². The minimum Gasteiger partial charge on any atom is -0.438 e. The number of benzene rings is 1. The summed E-state index contributed by atoms with van der Waals surface area (Å²) >= 11 is 0. The summed E-state index contributed by atoms with van der Waals surface area (Å²) in [7, 11) is 0. The molecule has 0 amide bonds. The highest BCUT2D eigenvalue weighted by Gasteiger charge is 2.14. The van der Waals surface area contributed by atoms with Crippen LogP contribution in [-0.4, -0.2) is 10.8 Å². The summed E-state index contributed by atoms with van der Waals surface area (Å²) in [6.07, 6.45) is 6.43. The average Bonchev–Trinajstić information content (AvgIpc) is 2.47. The molecule has 0 aliphatic heterocycles. The number of fused-ring (bicyclic) bond motifs is 1. The molecule has 4 nitrogen and oxygen atoms in total. The number of rotatable bonds is 3. The monoisotopic (exact) mass is 281 g/mol. The first-order chi connectivity index (χ1) is 10.1. The van der Waals surface area contributed by atoms with Crippen LogP contribution in [0.15, 0.2) is 30.5 Å². The Kier molecular flexibility index (Phi) is 3.60. The van der Waals surface area contributed by atoms with Gasteiger partial charge in [-0.1, -0.05) is 6.07 Å². The molecule has 0 bridgehead atoms. The lowest BCUT2D eigenvalue weighted by Crippen LogP contribution is -2.15. The fourth-order valence-electron chi connectivity index (χ4n) is 2.82. The van der Waals surface area contributed by atoms with E-state index in [4.69, 9.17) is 15.9 Å². The van der Waals surface area contributed by atoms with E-state index in [-0.39, 0.29) is 5.84 Å². The summed E-state index contributed by atoms with van der Waals surface area (Å²) in [5.74, 6) is 1.14. The van der Waals surface area contributed by atoms with Crippen molar-refractivity contribution in [3.63, 3.8) is 0 Å². The van der Waals surface area contributed by atoms with Gasteiger partial charge in [0.2, 0.25) is 5.88 Å². The lowest BCUT2D eigenvalue weighted by Gasteiger charge is -2.17. The molecule has 1 heterocycles. The van der Waals surface area contributed by atoms with Gasteiger partial charge in [0, 0.05) is 6.20 Å². The Balaban J connectivity index is 1.94. The number of nitrogens with one attached hydrogen (secondary N) is 1. The summed E-state index contributed by atoms with van der Waals surface area (Å²) in [4.78, 5) is 4.23. The molecular weight excluding hydrogens is 262 g/mol. The average molecular weight is 281 g/mol. The van der Waals surface area contributed by atoms with Crippen molar-refractivity contribution in [2.45, 2.75) is 32.6 Å². The largest absolute Gasteiger partial charge is 0.438 e. The predicted octanol–water partition coefficient (Wildman–Crippen LogP) is 3.35. The molecular formula is C17H19N3O. The molecule has 3 N–H and O–H groups in total. The van der Waals surface area contributed by atoms with E-state index < -0.39 is 0 Å². The number of aromatic nitrogens is 1. The molecule has 0 saturated carbocycles. The van der Waals surface area contributed by atoms with E-state index in [9.17, 15) is 0 Å². The van der Waals surface area contributed by atoms with E-state index in [1.54, 1.807) is 6.20 Å². The van der Waals surface area contributed by atoms with E-state index in [0.717, 1.165) is 24.2 Å². The van der Waals surface area contributed by atoms with Crippen molar-refractivity contribution in [3.05, 3.63) is 52.7 Å². The first-order valence-corrected chi connectivity index (χ1v) is 7.25. The van der Waals surface area contributed by atoms with E-state index in [2.05, 4.69) is 17.1 Å². The van der Waals surface area contributed by atoms with Crippen molar-refractivity contribution in [1.82, 2.24) is 4.98 Å². The van der Waals surface area contributed by atoms with Crippen LogP contribution in [0, 0.1) is 12.3 Å². The van der Waals surface area contributed by atoms with Gasteiger partial charge in [0.1, 0.15) is 11.6 Å². The van der Waals surface area contributed by atoms with Crippen LogP contribution in [0.5, 0.6) is 11.6 Å². The summed E-state index contributed by atoms with van der Waals surface area (Å²) in [5, 5.41) is 7.69. The van der Waals surface area contributed by atoms with Crippen LogP contribution in [0.25, 0.3) is 0 Å². The molecule has 0 fully saturated rings. The second-order valence-corrected chi connectivity index (χ2v) is 5.46. The number of ether oxygens (including phenoxy) is 1. The summed E-state index contributed by atoms with van der Waals surface area (Å²) in [6, 6.07) is 8.02. The molecule has 0 spiro atoms. The van der Waals surface area contributed by atoms with Crippen LogP contribution >= 0.6 is 0 Å². The van der Waals surface area contributed by atoms with E-state index in [0.29, 0.717) is 11.4 Å². The number of hydrogen-bond acceptors (Lipinski definition) is 3. The zero-order valence-electron chi connectivity index (χ0n) is 12.1. The maximum Gasteiger partial charge on any atom is 0.230 e. The summed E-state index contributed by atoms with van der Waals surface area (Å²) in [5.41, 5.74) is 9.87. The summed E-state index contributed by atoms with van der Waals surface area (Å²) in [6.45, 7) is 1.90. The SMILES string of the molecule is Cc1ccnc(Oc2ccc3c(c2)CCCC3)c1C(=N)N. The lowest BCUT2D eigenvalue weighted by atomic mass is 9.92. The Morgan fingerprint density at radius 2 is 1.95 bits per heavy atom. The maximum absolute atomic E-state index is 7.69. The van der Waals surface area contributed by atoms with Gasteiger partial charge in [-0.05, 0) is 67.5 Å². The quantitative estimate of drug-likeness (QED) is 0.669. The number of aryl methyl sites for hydroxylation is 3. The van der Waals surface area contributed by atoms with Gasteiger partial charge in [0.15, 0.2) is 0 Å². The second-order valence-electron chi connectivity index (χ2n) is 5.46. The third-order valence-corrected chi connectivity index (χ3v) is 3.93. The topological polar surface area (TPSA) is 72.0 Å². The van der Waals surface area contributed by atoms with Gasteiger partial charge < -0.3 is 10.5 Å². The van der Waals surface area contributed by atoms with E-state index >= 15 is 0 Å². The van der Waals surface area contributed by atoms with Gasteiger partial charge in [-0.3, -0.25) is 5.41 Å². The fraction of sp³-hybridized carbons (Fsp3) is 0.294. The minimum absolute atomic E-state index is 0.0199. The van der Waals surface area contributed by atoms with Crippen molar-refractivity contribution in [3.8, 4) is 11.6 Å². The zero-order valence-corrected chi connectivity index (χ0v) is 12.1. The number of pyridine rings is 1. The molecule has 4 heteroatoms. The zero-order chi connectivity index (χ0) is 14.8. The molecule has 1 aromatic heterocycles. The molecule has 108 valence electrons. The van der Waals surface area contributed by atoms with Crippen LogP contribution in [0.2, 0.25) is 0 Å². The standard InChI is InChI=1S/C17H19N3O/c1-11-8-9-20-17(15(11)16(18)19)21-14-7-6-12-4-2-3-5-13(12)10-14/h6-10H,2-5H2,1H3,(H3,18,19). The first-order valence-electron chi connectivity index (χ1n) is 7.25. The van der Waals surface area contributed by atoms with E-state index in [1.807, 2.05) is 19.1 Å². The number of nitrogen functional groups attached to an aromatic ring is 1. The molecule has 0 atom stereocenters. The Morgan fingerprint density at radius 3 is 2.71 bits per heavy atom. The smallest absolute Gasteiger partial charge is 0.230 e. The number of nitrogens with zero attached hydrogens (tertiary/aromatic N) is 1. The van der Waals surface area contributed by atoms with Gasteiger partial charge in [-0.25, -0.2) is 4.98 Å². The normalized spacial score (nSPS) is 13.6. The van der Waals surface area contributed by atoms with Crippen LogP contribution in [-0.2, 0) is 12.8 Å². The molecule has 21 heavy (non-hydrogen) atoms. The van der Waals surface area contributed by atoms with Crippen LogP contribution in [0.4, 0.5) is 0 Å². The highest BCUT2D eigenvalue weighted by Crippen LogP contribution is 2.29. The highest BCUT2D eigenvalue weighted by atomic mass is 16.5. The highest BCUT2D eigenvalue weighted by molar-refractivity contribution is 5.98. The van der Waals surface area contributed by atoms with Crippen molar-refractivity contribution >= 4 is 5.84 Å². The maximum atomic E-state index is 7.69. The van der Waals surface area contributed by atoms with Crippen molar-refractivity contribution in [2.24, 2.45) is 5.73 Å². The third kappa shape index (κ3) is 2.75. The molecule has 3 rings (SSSR count). The van der Waals surface area contributed by atoms with Gasteiger partial charge >= 0.3 is 0 Å². The number of amidine groups is 1. The van der Waals surface area contributed by atoms with Crippen molar-refractivity contribution in [1.29, 1.82) is 5.41 Å². The molecule has 0 radical (unpaired) electrons. The van der Waals surface area contributed by atoms with E-state index in [1.165, 1.54) is 24.0 Å². The minimum atomic E-state index is -0.0199. The van der Waals surface area contributed by atoms with Crippen LogP contribution in [0.3, 0.4) is 0 Å². The molecule has 1 aliphatic carbocycles. The lowest BCUT2D eigenvalue weighted by molar-refractivity contribution is 0.459. The molecule has 0 unspecified atom stereocenters. The van der Waals surface area contributed by atoms with Gasteiger partial charge in [-0.15, -0.1) is 0 Å². The Labute approximate surface area is 124 Å². The van der Waals surface area contributed by atoms with Crippen LogP contribution in [0.1, 0.15) is 35.1 Å². The third-order valence-electron chi connectivity index (χ3n) is 3.93. The van der Waals surface area contributed by atoms with Crippen molar-refractivity contribution in [2.75, 3.05) is 0 Å². The fourth-order valence-corrected chi connectivity index (χ4v) is 2.82. The van der Waals surface area contributed by atoms with Crippen LogP contribution < -0.4 is 10.5 Å². The number of hydrogen-bond donors (Lipinski definition) is 2. The van der Waals surface area contributed by atoms with Gasteiger partial charge in [-0.2, -0.15) is 0 Å². The molecule has 1 aliphatic rings. The van der Waals surface area contributed by atoms with Gasteiger partial charge in [0.05, 0.1) is 5.56 Å². The molecule has 0 saturated heterocycles. The Bertz CT molecular complexity index is 694. The summed E-state index contributed by atoms with van der Waals surface area (Å²) < 4.78 is 5.89. The second kappa shape index (κ2) is 5.56. The number of nitrogens with two attached hydrogens (primary N) is 1. The Hall–Kier alpha value is -2.36.